The van der Waals surface area contributed by atoms with Crippen LogP contribution in [-0.4, -0.2) is 30.1 Å². The van der Waals surface area contributed by atoms with Gasteiger partial charge >= 0.3 is 0 Å². The Labute approximate surface area is 118 Å². The average molecular weight is 280 g/mol. The molecule has 1 amide bonds. The van der Waals surface area contributed by atoms with E-state index in [0.29, 0.717) is 12.5 Å². The smallest absolute Gasteiger partial charge is 0.252 e. The van der Waals surface area contributed by atoms with Gasteiger partial charge < -0.3 is 10.1 Å². The number of amides is 1. The molecule has 1 aliphatic rings. The van der Waals surface area contributed by atoms with E-state index >= 15 is 0 Å². The summed E-state index contributed by atoms with van der Waals surface area (Å²) in [5.74, 6) is -0.508. The topological polar surface area (TPSA) is 51.2 Å². The molecule has 1 N–H and O–H groups in total. The first-order valence-corrected chi connectivity index (χ1v) is 6.88. The molecule has 1 aliphatic heterocycles. The van der Waals surface area contributed by atoms with Gasteiger partial charge in [-0.1, -0.05) is 20.8 Å². The second kappa shape index (κ2) is 5.87. The van der Waals surface area contributed by atoms with E-state index in [4.69, 9.17) is 4.74 Å². The second-order valence-electron chi connectivity index (χ2n) is 6.31. The van der Waals surface area contributed by atoms with E-state index in [0.717, 1.165) is 19.2 Å². The number of nitrogens with one attached hydrogen (secondary N) is 1. The molecule has 4 nitrogen and oxygen atoms in total. The zero-order chi connectivity index (χ0) is 14.8. The van der Waals surface area contributed by atoms with E-state index in [1.807, 2.05) is 0 Å². The van der Waals surface area contributed by atoms with Gasteiger partial charge in [0.2, 0.25) is 0 Å². The van der Waals surface area contributed by atoms with E-state index in [1.165, 1.54) is 12.3 Å². The van der Waals surface area contributed by atoms with Gasteiger partial charge in [-0.15, -0.1) is 0 Å². The van der Waals surface area contributed by atoms with Crippen LogP contribution in [0.2, 0.25) is 0 Å². The number of nitrogens with zero attached hydrogens (tertiary/aromatic N) is 1. The summed E-state index contributed by atoms with van der Waals surface area (Å²) in [5.41, 5.74) is 0.294. The standard InChI is InChI=1S/C15H21FN2O2/c1-15(2,3)13-10(4-5-20-13)8-18-14(19)11-6-12(16)9-17-7-11/h6-7,9-10,13H,4-5,8H2,1-3H3,(H,18,19)/t10-,13+/m1/s1. The van der Waals surface area contributed by atoms with E-state index in [-0.39, 0.29) is 23.0 Å². The van der Waals surface area contributed by atoms with Crippen LogP contribution in [0, 0.1) is 17.2 Å². The van der Waals surface area contributed by atoms with E-state index in [9.17, 15) is 9.18 Å². The maximum absolute atomic E-state index is 13.0. The SMILES string of the molecule is CC(C)(C)[C@H]1OCC[C@@H]1CNC(=O)c1cncc(F)c1. The van der Waals surface area contributed by atoms with Crippen LogP contribution < -0.4 is 5.32 Å². The van der Waals surface area contributed by atoms with E-state index in [1.54, 1.807) is 0 Å². The Kier molecular flexibility index (Phi) is 4.38. The molecule has 2 heterocycles. The molecule has 1 aromatic heterocycles. The molecule has 2 atom stereocenters. The summed E-state index contributed by atoms with van der Waals surface area (Å²) in [7, 11) is 0. The highest BCUT2D eigenvalue weighted by Gasteiger charge is 2.37. The number of hydrogen-bond donors (Lipinski definition) is 1. The second-order valence-corrected chi connectivity index (χ2v) is 6.31. The molecule has 5 heteroatoms. The van der Waals surface area contributed by atoms with Crippen LogP contribution in [0.3, 0.4) is 0 Å². The largest absolute Gasteiger partial charge is 0.377 e. The third-order valence-electron chi connectivity index (χ3n) is 3.56. The van der Waals surface area contributed by atoms with Gasteiger partial charge in [-0.3, -0.25) is 9.78 Å². The van der Waals surface area contributed by atoms with Gasteiger partial charge in [-0.05, 0) is 17.9 Å². The zero-order valence-electron chi connectivity index (χ0n) is 12.1. The van der Waals surface area contributed by atoms with Crippen molar-refractivity contribution in [2.24, 2.45) is 11.3 Å². The summed E-state index contributed by atoms with van der Waals surface area (Å²) < 4.78 is 18.8. The molecule has 1 saturated heterocycles. The Bertz CT molecular complexity index is 485. The molecule has 0 aromatic carbocycles. The Morgan fingerprint density at radius 2 is 2.25 bits per heavy atom. The molecule has 1 aromatic rings. The number of pyridine rings is 1. The number of ether oxygens (including phenoxy) is 1. The predicted octanol–water partition coefficient (Wildman–Crippen LogP) is 2.40. The minimum absolute atomic E-state index is 0.0479. The van der Waals surface area contributed by atoms with Crippen LogP contribution in [0.1, 0.15) is 37.6 Å². The van der Waals surface area contributed by atoms with Crippen molar-refractivity contribution in [1.82, 2.24) is 10.3 Å². The predicted molar refractivity (Wildman–Crippen MR) is 73.8 cm³/mol. The van der Waals surface area contributed by atoms with Crippen molar-refractivity contribution in [2.45, 2.75) is 33.3 Å². The van der Waals surface area contributed by atoms with Gasteiger partial charge in [0, 0.05) is 25.3 Å². The molecular weight excluding hydrogens is 259 g/mol. The number of halogens is 1. The summed E-state index contributed by atoms with van der Waals surface area (Å²) in [5, 5.41) is 2.84. The fourth-order valence-corrected chi connectivity index (χ4v) is 2.66. The van der Waals surface area contributed by atoms with E-state index in [2.05, 4.69) is 31.1 Å². The molecule has 0 aliphatic carbocycles. The lowest BCUT2D eigenvalue weighted by Crippen LogP contribution is -2.38. The number of hydrogen-bond acceptors (Lipinski definition) is 3. The van der Waals surface area contributed by atoms with Crippen molar-refractivity contribution in [3.05, 3.63) is 29.8 Å². The Morgan fingerprint density at radius 3 is 2.90 bits per heavy atom. The van der Waals surface area contributed by atoms with Crippen molar-refractivity contribution in [1.29, 1.82) is 0 Å². The number of aromatic nitrogens is 1. The minimum atomic E-state index is -0.505. The highest BCUT2D eigenvalue weighted by molar-refractivity contribution is 5.93. The summed E-state index contributed by atoms with van der Waals surface area (Å²) in [6.07, 6.45) is 3.51. The van der Waals surface area contributed by atoms with Crippen LogP contribution in [0.25, 0.3) is 0 Å². The first-order valence-electron chi connectivity index (χ1n) is 6.88. The van der Waals surface area contributed by atoms with Crippen LogP contribution in [0.5, 0.6) is 0 Å². The minimum Gasteiger partial charge on any atom is -0.377 e. The van der Waals surface area contributed by atoms with Crippen molar-refractivity contribution < 1.29 is 13.9 Å². The van der Waals surface area contributed by atoms with Crippen molar-refractivity contribution in [3.63, 3.8) is 0 Å². The molecule has 0 saturated carbocycles. The van der Waals surface area contributed by atoms with E-state index < -0.39 is 5.82 Å². The zero-order valence-corrected chi connectivity index (χ0v) is 12.1. The lowest BCUT2D eigenvalue weighted by Gasteiger charge is -2.31. The lowest BCUT2D eigenvalue weighted by molar-refractivity contribution is 0.00737. The van der Waals surface area contributed by atoms with Crippen LogP contribution in [-0.2, 0) is 4.74 Å². The monoisotopic (exact) mass is 280 g/mol. The third kappa shape index (κ3) is 3.54. The quantitative estimate of drug-likeness (QED) is 0.925. The third-order valence-corrected chi connectivity index (χ3v) is 3.56. The molecule has 20 heavy (non-hydrogen) atoms. The molecule has 0 radical (unpaired) electrons. The molecular formula is C15H21FN2O2. The highest BCUT2D eigenvalue weighted by Crippen LogP contribution is 2.34. The van der Waals surface area contributed by atoms with Crippen molar-refractivity contribution in [2.75, 3.05) is 13.2 Å². The van der Waals surface area contributed by atoms with Gasteiger partial charge in [0.15, 0.2) is 0 Å². The van der Waals surface area contributed by atoms with Gasteiger partial charge in [0.05, 0.1) is 17.9 Å². The molecule has 2 rings (SSSR count). The fraction of sp³-hybridized carbons (Fsp3) is 0.600. The first-order chi connectivity index (χ1) is 9.38. The number of carbonyl (C=O) groups is 1. The first kappa shape index (κ1) is 14.9. The summed E-state index contributed by atoms with van der Waals surface area (Å²) in [6.45, 7) is 7.66. The maximum atomic E-state index is 13.0. The molecule has 0 bridgehead atoms. The Hall–Kier alpha value is -1.49. The fourth-order valence-electron chi connectivity index (χ4n) is 2.66. The van der Waals surface area contributed by atoms with Gasteiger partial charge in [0.1, 0.15) is 5.82 Å². The number of carbonyl (C=O) groups excluding carboxylic acids is 1. The lowest BCUT2D eigenvalue weighted by atomic mass is 9.81. The highest BCUT2D eigenvalue weighted by atomic mass is 19.1. The summed E-state index contributed by atoms with van der Waals surface area (Å²) in [6, 6.07) is 1.19. The van der Waals surface area contributed by atoms with Gasteiger partial charge in [-0.25, -0.2) is 4.39 Å². The molecule has 0 spiro atoms. The summed E-state index contributed by atoms with van der Waals surface area (Å²) >= 11 is 0. The average Bonchev–Trinajstić information content (AvgIpc) is 2.84. The molecule has 110 valence electrons. The van der Waals surface area contributed by atoms with Crippen molar-refractivity contribution in [3.8, 4) is 0 Å². The van der Waals surface area contributed by atoms with Crippen LogP contribution in [0.15, 0.2) is 18.5 Å². The normalized spacial score (nSPS) is 22.8. The van der Waals surface area contributed by atoms with Gasteiger partial charge in [-0.2, -0.15) is 0 Å². The van der Waals surface area contributed by atoms with Gasteiger partial charge in [0.25, 0.3) is 5.91 Å². The number of rotatable bonds is 3. The van der Waals surface area contributed by atoms with Crippen LogP contribution in [0.4, 0.5) is 4.39 Å². The van der Waals surface area contributed by atoms with Crippen LogP contribution >= 0.6 is 0 Å². The maximum Gasteiger partial charge on any atom is 0.252 e. The van der Waals surface area contributed by atoms with Crippen molar-refractivity contribution >= 4 is 5.91 Å². The Balaban J connectivity index is 1.93. The molecule has 1 fully saturated rings. The summed E-state index contributed by atoms with van der Waals surface area (Å²) in [4.78, 5) is 15.6. The Morgan fingerprint density at radius 1 is 1.50 bits per heavy atom. The molecule has 0 unspecified atom stereocenters.